The third-order valence-electron chi connectivity index (χ3n) is 1.60. The van der Waals surface area contributed by atoms with E-state index in [9.17, 15) is 4.39 Å². The van der Waals surface area contributed by atoms with Crippen molar-refractivity contribution in [3.63, 3.8) is 0 Å². The molecule has 2 nitrogen and oxygen atoms in total. The molecule has 1 unspecified atom stereocenters. The summed E-state index contributed by atoms with van der Waals surface area (Å²) < 4.78 is 16.6. The van der Waals surface area contributed by atoms with Crippen LogP contribution >= 0.6 is 0 Å². The van der Waals surface area contributed by atoms with Crippen molar-refractivity contribution >= 4 is 0 Å². The number of methoxy groups -OCH3 is 1. The number of hydrogen-bond acceptors (Lipinski definition) is 2. The lowest BCUT2D eigenvalue weighted by atomic mass is 10.2. The second-order valence-corrected chi connectivity index (χ2v) is 2.56. The average molecular weight is 163 g/mol. The predicted molar refractivity (Wildman–Crippen MR) is 44.5 cm³/mol. The molecule has 0 aliphatic heterocycles. The minimum Gasteiger partial charge on any atom is -0.383 e. The molecule has 0 saturated carbocycles. The van der Waals surface area contributed by atoms with Crippen LogP contribution in [-0.4, -0.2) is 33.0 Å². The molecule has 0 aromatic heterocycles. The Bertz CT molecular complexity index is 80.5. The summed E-state index contributed by atoms with van der Waals surface area (Å²) in [6.45, 7) is 3.31. The van der Waals surface area contributed by atoms with Gasteiger partial charge in [0.1, 0.15) is 0 Å². The third kappa shape index (κ3) is 6.26. The van der Waals surface area contributed by atoms with Gasteiger partial charge in [-0.1, -0.05) is 6.92 Å². The number of halogens is 1. The summed E-state index contributed by atoms with van der Waals surface area (Å²) in [7, 11) is 1.68. The van der Waals surface area contributed by atoms with Gasteiger partial charge in [0.05, 0.1) is 13.3 Å². The van der Waals surface area contributed by atoms with Crippen LogP contribution in [0, 0.1) is 0 Å². The monoisotopic (exact) mass is 163 g/mol. The molecule has 0 amide bonds. The maximum Gasteiger partial charge on any atom is 0.0906 e. The maximum atomic E-state index is 11.7. The zero-order valence-electron chi connectivity index (χ0n) is 7.40. The molecule has 0 fully saturated rings. The molecule has 68 valence electrons. The number of alkyl halides is 1. The summed E-state index contributed by atoms with van der Waals surface area (Å²) in [5.74, 6) is 0. The molecule has 0 aromatic carbocycles. The summed E-state index contributed by atoms with van der Waals surface area (Å²) in [4.78, 5) is 0. The van der Waals surface area contributed by atoms with Crippen LogP contribution in [0.3, 0.4) is 0 Å². The van der Waals surface area contributed by atoms with E-state index in [1.807, 2.05) is 0 Å². The molecule has 0 spiro atoms. The molecule has 3 heteroatoms. The number of hydrogen-bond donors (Lipinski definition) is 1. The topological polar surface area (TPSA) is 21.3 Å². The van der Waals surface area contributed by atoms with Crippen molar-refractivity contribution in [3.05, 3.63) is 0 Å². The summed E-state index contributed by atoms with van der Waals surface area (Å²) in [6, 6.07) is 0.381. The van der Waals surface area contributed by atoms with Crippen LogP contribution in [-0.2, 0) is 4.74 Å². The van der Waals surface area contributed by atoms with Gasteiger partial charge in [-0.15, -0.1) is 0 Å². The van der Waals surface area contributed by atoms with Gasteiger partial charge < -0.3 is 10.1 Å². The van der Waals surface area contributed by atoms with Gasteiger partial charge in [0, 0.05) is 13.2 Å². The van der Waals surface area contributed by atoms with Crippen LogP contribution in [0.2, 0.25) is 0 Å². The molecule has 0 radical (unpaired) electrons. The molecule has 1 atom stereocenters. The summed E-state index contributed by atoms with van der Waals surface area (Å²) in [5.41, 5.74) is 0. The lowest BCUT2D eigenvalue weighted by molar-refractivity contribution is 0.164. The first-order chi connectivity index (χ1) is 5.35. The predicted octanol–water partition coefficient (Wildman–Crippen LogP) is 1.36. The fourth-order valence-electron chi connectivity index (χ4n) is 0.895. The van der Waals surface area contributed by atoms with Crippen LogP contribution in [0.5, 0.6) is 0 Å². The van der Waals surface area contributed by atoms with Crippen molar-refractivity contribution in [2.75, 3.05) is 26.9 Å². The van der Waals surface area contributed by atoms with Gasteiger partial charge in [0.25, 0.3) is 0 Å². The Labute approximate surface area is 68.1 Å². The zero-order valence-corrected chi connectivity index (χ0v) is 7.40. The Hall–Kier alpha value is -0.150. The number of rotatable bonds is 7. The highest BCUT2D eigenvalue weighted by Crippen LogP contribution is 1.91. The molecular weight excluding hydrogens is 145 g/mol. The number of ether oxygens (including phenoxy) is 1. The number of nitrogens with one attached hydrogen (secondary N) is 1. The fourth-order valence-corrected chi connectivity index (χ4v) is 0.895. The van der Waals surface area contributed by atoms with E-state index in [-0.39, 0.29) is 6.67 Å². The second-order valence-electron chi connectivity index (χ2n) is 2.56. The van der Waals surface area contributed by atoms with Crippen molar-refractivity contribution < 1.29 is 9.13 Å². The van der Waals surface area contributed by atoms with E-state index < -0.39 is 0 Å². The van der Waals surface area contributed by atoms with Gasteiger partial charge in [0.15, 0.2) is 0 Å². The fraction of sp³-hybridized carbons (Fsp3) is 1.00. The highest BCUT2D eigenvalue weighted by molar-refractivity contribution is 4.62. The molecule has 0 rings (SSSR count). The average Bonchev–Trinajstić information content (AvgIpc) is 2.03. The molecular formula is C8H18FNO. The largest absolute Gasteiger partial charge is 0.383 e. The Kier molecular flexibility index (Phi) is 7.84. The van der Waals surface area contributed by atoms with Crippen LogP contribution in [0.25, 0.3) is 0 Å². The maximum absolute atomic E-state index is 11.7. The van der Waals surface area contributed by atoms with Crippen LogP contribution in [0.4, 0.5) is 4.39 Å². The molecule has 0 bridgehead atoms. The Morgan fingerprint density at radius 2 is 2.27 bits per heavy atom. The van der Waals surface area contributed by atoms with Crippen molar-refractivity contribution in [3.8, 4) is 0 Å². The molecule has 0 aliphatic carbocycles. The van der Waals surface area contributed by atoms with Crippen molar-refractivity contribution in [1.82, 2.24) is 5.32 Å². The normalized spacial score (nSPS) is 13.4. The van der Waals surface area contributed by atoms with Gasteiger partial charge in [-0.05, 0) is 19.4 Å². The lowest BCUT2D eigenvalue weighted by Crippen LogP contribution is -2.33. The van der Waals surface area contributed by atoms with E-state index in [1.54, 1.807) is 7.11 Å². The van der Waals surface area contributed by atoms with Gasteiger partial charge in [-0.2, -0.15) is 0 Å². The third-order valence-corrected chi connectivity index (χ3v) is 1.60. The minimum absolute atomic E-state index is 0.240. The summed E-state index contributed by atoms with van der Waals surface area (Å²) in [5, 5.41) is 3.21. The van der Waals surface area contributed by atoms with Crippen LogP contribution < -0.4 is 5.32 Å². The van der Waals surface area contributed by atoms with Gasteiger partial charge >= 0.3 is 0 Å². The van der Waals surface area contributed by atoms with Crippen LogP contribution in [0.1, 0.15) is 19.8 Å². The molecule has 0 saturated heterocycles. The van der Waals surface area contributed by atoms with E-state index in [2.05, 4.69) is 12.2 Å². The first-order valence-corrected chi connectivity index (χ1v) is 4.13. The zero-order chi connectivity index (χ0) is 8.53. The molecule has 0 aromatic rings. The summed E-state index contributed by atoms with van der Waals surface area (Å²) >= 11 is 0. The Morgan fingerprint density at radius 1 is 1.55 bits per heavy atom. The van der Waals surface area contributed by atoms with Gasteiger partial charge in [-0.3, -0.25) is 4.39 Å². The highest BCUT2D eigenvalue weighted by Gasteiger charge is 2.02. The Balaban J connectivity index is 3.20. The van der Waals surface area contributed by atoms with E-state index in [0.29, 0.717) is 19.1 Å². The quantitative estimate of drug-likeness (QED) is 0.572. The van der Waals surface area contributed by atoms with Crippen molar-refractivity contribution in [2.24, 2.45) is 0 Å². The second kappa shape index (κ2) is 7.95. The SMILES string of the molecule is CCC(COC)NCCCF. The first kappa shape index (κ1) is 10.8. The van der Waals surface area contributed by atoms with E-state index in [0.717, 1.165) is 13.0 Å². The highest BCUT2D eigenvalue weighted by atomic mass is 19.1. The van der Waals surface area contributed by atoms with Gasteiger partial charge in [-0.25, -0.2) is 0 Å². The molecule has 0 heterocycles. The van der Waals surface area contributed by atoms with Crippen molar-refractivity contribution in [2.45, 2.75) is 25.8 Å². The lowest BCUT2D eigenvalue weighted by Gasteiger charge is -2.14. The smallest absolute Gasteiger partial charge is 0.0906 e. The van der Waals surface area contributed by atoms with E-state index >= 15 is 0 Å². The molecule has 1 N–H and O–H groups in total. The van der Waals surface area contributed by atoms with E-state index in [1.165, 1.54) is 0 Å². The molecule has 0 aliphatic rings. The first-order valence-electron chi connectivity index (χ1n) is 4.13. The Morgan fingerprint density at radius 3 is 2.73 bits per heavy atom. The van der Waals surface area contributed by atoms with Crippen LogP contribution in [0.15, 0.2) is 0 Å². The van der Waals surface area contributed by atoms with E-state index in [4.69, 9.17) is 4.74 Å². The standard InChI is InChI=1S/C8H18FNO/c1-3-8(7-11-2)10-6-4-5-9/h8,10H,3-7H2,1-2H3. The van der Waals surface area contributed by atoms with Crippen molar-refractivity contribution in [1.29, 1.82) is 0 Å². The minimum atomic E-state index is -0.240. The van der Waals surface area contributed by atoms with Gasteiger partial charge in [0.2, 0.25) is 0 Å². The molecule has 11 heavy (non-hydrogen) atoms. The summed E-state index contributed by atoms with van der Waals surface area (Å²) in [6.07, 6.45) is 1.63.